The van der Waals surface area contributed by atoms with Crippen molar-refractivity contribution in [2.75, 3.05) is 0 Å². The molecule has 0 aliphatic carbocycles. The van der Waals surface area contributed by atoms with Crippen LogP contribution in [0.4, 0.5) is 0 Å². The number of hydrogen-bond donors (Lipinski definition) is 0. The van der Waals surface area contributed by atoms with Gasteiger partial charge in [0.1, 0.15) is 0 Å². The van der Waals surface area contributed by atoms with Crippen LogP contribution in [0.5, 0.6) is 0 Å². The molecular weight excluding hydrogens is 382 g/mol. The highest BCUT2D eigenvalue weighted by Crippen LogP contribution is 2.45. The molecule has 0 aliphatic heterocycles. The van der Waals surface area contributed by atoms with Crippen LogP contribution < -0.4 is 0 Å². The third kappa shape index (κ3) is 3.81. The Balaban J connectivity index is 1.98. The highest BCUT2D eigenvalue weighted by molar-refractivity contribution is 7.23. The summed E-state index contributed by atoms with van der Waals surface area (Å²) in [6.45, 7) is 15.5. The molecule has 30 heavy (non-hydrogen) atoms. The Hall–Kier alpha value is -2.45. The lowest BCUT2D eigenvalue weighted by molar-refractivity contribution is 0.590. The fourth-order valence-electron chi connectivity index (χ4n) is 4.20. The second-order valence-corrected chi connectivity index (χ2v) is 10.7. The van der Waals surface area contributed by atoms with Gasteiger partial charge in [0.15, 0.2) is 0 Å². The van der Waals surface area contributed by atoms with Gasteiger partial charge in [-0.3, -0.25) is 4.98 Å². The van der Waals surface area contributed by atoms with Gasteiger partial charge in [0.2, 0.25) is 0 Å². The number of nitrogens with zero attached hydrogens (tertiary/aromatic N) is 1. The van der Waals surface area contributed by atoms with E-state index >= 15 is 0 Å². The first-order valence-electron chi connectivity index (χ1n) is 11.2. The summed E-state index contributed by atoms with van der Waals surface area (Å²) in [5, 5.41) is 1.17. The Kier molecular flexibility index (Phi) is 4.99. The van der Waals surface area contributed by atoms with Crippen LogP contribution in [0.2, 0.25) is 0 Å². The molecule has 0 fully saturated rings. The van der Waals surface area contributed by atoms with Crippen molar-refractivity contribution in [2.24, 2.45) is 0 Å². The maximum absolute atomic E-state index is 8.42. The summed E-state index contributed by atoms with van der Waals surface area (Å²) in [6, 6.07) is 17.5. The standard InChI is InChI=1S/C28H31NS/c1-17(2)24-23-12-13-29-25(21-15-18(3)14-19(4)16-21)27(23)30-26(24)20-8-10-22(11-9-20)28(5,6)7/h8-17H,1-7H3/i13D. The Morgan fingerprint density at radius 3 is 2.10 bits per heavy atom. The minimum absolute atomic E-state index is 0.139. The molecule has 0 saturated carbocycles. The van der Waals surface area contributed by atoms with Gasteiger partial charge in [-0.15, -0.1) is 11.3 Å². The number of hydrogen-bond acceptors (Lipinski definition) is 2. The number of pyridine rings is 1. The van der Waals surface area contributed by atoms with Gasteiger partial charge in [0.25, 0.3) is 0 Å². The lowest BCUT2D eigenvalue weighted by Crippen LogP contribution is -2.10. The average molecular weight is 415 g/mol. The van der Waals surface area contributed by atoms with Crippen molar-refractivity contribution in [2.45, 2.75) is 59.8 Å². The number of fused-ring (bicyclic) bond motifs is 1. The quantitative estimate of drug-likeness (QED) is 0.327. The van der Waals surface area contributed by atoms with E-state index in [1.807, 2.05) is 17.4 Å². The van der Waals surface area contributed by atoms with Gasteiger partial charge in [-0.2, -0.15) is 0 Å². The van der Waals surface area contributed by atoms with Crippen molar-refractivity contribution in [3.8, 4) is 21.7 Å². The van der Waals surface area contributed by atoms with E-state index in [9.17, 15) is 0 Å². The first-order valence-corrected chi connectivity index (χ1v) is 11.5. The lowest BCUT2D eigenvalue weighted by atomic mass is 9.86. The van der Waals surface area contributed by atoms with Gasteiger partial charge < -0.3 is 0 Å². The Morgan fingerprint density at radius 1 is 0.900 bits per heavy atom. The zero-order valence-corrected chi connectivity index (χ0v) is 19.9. The lowest BCUT2D eigenvalue weighted by Gasteiger charge is -2.19. The Morgan fingerprint density at radius 2 is 1.53 bits per heavy atom. The zero-order chi connectivity index (χ0) is 22.5. The minimum atomic E-state index is 0.139. The van der Waals surface area contributed by atoms with E-state index in [4.69, 9.17) is 1.37 Å². The Bertz CT molecular complexity index is 1240. The topological polar surface area (TPSA) is 12.9 Å². The molecule has 1 nitrogen and oxygen atoms in total. The van der Waals surface area contributed by atoms with Crippen molar-refractivity contribution >= 4 is 21.4 Å². The number of thiophene rings is 1. The summed E-state index contributed by atoms with van der Waals surface area (Å²) in [5.74, 6) is 0.361. The molecule has 2 heterocycles. The fraction of sp³-hybridized carbons (Fsp3) is 0.321. The molecule has 0 unspecified atom stereocenters. The average Bonchev–Trinajstić information content (AvgIpc) is 3.05. The largest absolute Gasteiger partial charge is 0.255 e. The SMILES string of the molecule is [2H]c1cc2c(C(C)C)c(-c3ccc(C(C)(C)C)cc3)sc2c(-c2cc(C)cc(C)c2)n1. The van der Waals surface area contributed by atoms with Crippen molar-refractivity contribution in [1.82, 2.24) is 4.98 Å². The molecule has 4 rings (SSSR count). The summed E-state index contributed by atoms with van der Waals surface area (Å²) in [4.78, 5) is 5.98. The van der Waals surface area contributed by atoms with E-state index in [0.717, 1.165) is 11.3 Å². The normalized spacial score (nSPS) is 12.6. The molecule has 2 aromatic heterocycles. The van der Waals surface area contributed by atoms with Gasteiger partial charge in [-0.25, -0.2) is 0 Å². The molecule has 4 aromatic rings. The predicted molar refractivity (Wildman–Crippen MR) is 133 cm³/mol. The third-order valence-corrected chi connectivity index (χ3v) is 6.95. The first-order chi connectivity index (χ1) is 14.5. The van der Waals surface area contributed by atoms with Crippen LogP contribution in [0.1, 0.15) is 64.2 Å². The monoisotopic (exact) mass is 414 g/mol. The van der Waals surface area contributed by atoms with Crippen LogP contribution in [0.25, 0.3) is 31.8 Å². The van der Waals surface area contributed by atoms with Gasteiger partial charge >= 0.3 is 0 Å². The van der Waals surface area contributed by atoms with Gasteiger partial charge in [0.05, 0.1) is 11.8 Å². The van der Waals surface area contributed by atoms with Crippen LogP contribution in [-0.2, 0) is 5.41 Å². The number of aromatic nitrogens is 1. The maximum Gasteiger partial charge on any atom is 0.0880 e. The van der Waals surface area contributed by atoms with Crippen molar-refractivity contribution in [1.29, 1.82) is 0 Å². The Labute approximate surface area is 186 Å². The second-order valence-electron chi connectivity index (χ2n) is 9.68. The summed E-state index contributed by atoms with van der Waals surface area (Å²) in [7, 11) is 0. The predicted octanol–water partition coefficient (Wildman–Crippen LogP) is 8.67. The van der Waals surface area contributed by atoms with E-state index in [1.54, 1.807) is 0 Å². The van der Waals surface area contributed by atoms with E-state index < -0.39 is 0 Å². The summed E-state index contributed by atoms with van der Waals surface area (Å²) >= 11 is 1.81. The molecule has 0 atom stereocenters. The highest BCUT2D eigenvalue weighted by atomic mass is 32.1. The molecule has 154 valence electrons. The maximum atomic E-state index is 8.42. The van der Waals surface area contributed by atoms with Crippen LogP contribution in [0.15, 0.2) is 54.7 Å². The zero-order valence-electron chi connectivity index (χ0n) is 20.1. The van der Waals surface area contributed by atoms with Crippen LogP contribution in [0, 0.1) is 13.8 Å². The van der Waals surface area contributed by atoms with E-state index in [0.29, 0.717) is 12.1 Å². The number of aryl methyl sites for hydroxylation is 2. The molecule has 0 bridgehead atoms. The molecule has 0 saturated heterocycles. The molecule has 0 spiro atoms. The molecule has 0 radical (unpaired) electrons. The van der Waals surface area contributed by atoms with Crippen LogP contribution in [-0.4, -0.2) is 4.98 Å². The van der Waals surface area contributed by atoms with Crippen molar-refractivity contribution in [3.05, 3.63) is 77.0 Å². The smallest absolute Gasteiger partial charge is 0.0880 e. The molecule has 2 aromatic carbocycles. The van der Waals surface area contributed by atoms with Crippen molar-refractivity contribution in [3.63, 3.8) is 0 Å². The van der Waals surface area contributed by atoms with Gasteiger partial charge in [-0.05, 0) is 60.1 Å². The summed E-state index contributed by atoms with van der Waals surface area (Å²) in [6.07, 6.45) is 0.330. The minimum Gasteiger partial charge on any atom is -0.255 e. The van der Waals surface area contributed by atoms with E-state index in [2.05, 4.69) is 95.9 Å². The first kappa shape index (κ1) is 19.5. The van der Waals surface area contributed by atoms with Gasteiger partial charge in [-0.1, -0.05) is 76.1 Å². The number of benzene rings is 2. The fourth-order valence-corrected chi connectivity index (χ4v) is 5.66. The molecular formula is C28H31NS. The van der Waals surface area contributed by atoms with E-state index in [1.165, 1.54) is 42.8 Å². The number of rotatable bonds is 3. The van der Waals surface area contributed by atoms with E-state index in [-0.39, 0.29) is 5.41 Å². The van der Waals surface area contributed by atoms with Gasteiger partial charge in [0, 0.05) is 22.0 Å². The molecule has 0 N–H and O–H groups in total. The molecule has 0 amide bonds. The van der Waals surface area contributed by atoms with Crippen LogP contribution in [0.3, 0.4) is 0 Å². The summed E-state index contributed by atoms with van der Waals surface area (Å²) in [5.41, 5.74) is 8.52. The second kappa shape index (κ2) is 7.67. The summed E-state index contributed by atoms with van der Waals surface area (Å²) < 4.78 is 9.60. The highest BCUT2D eigenvalue weighted by Gasteiger charge is 2.20. The molecule has 0 aliphatic rings. The van der Waals surface area contributed by atoms with Crippen molar-refractivity contribution < 1.29 is 1.37 Å². The van der Waals surface area contributed by atoms with Crippen LogP contribution >= 0.6 is 11.3 Å². The molecule has 2 heteroatoms. The third-order valence-electron chi connectivity index (χ3n) is 5.67.